The molecule has 0 spiro atoms. The highest BCUT2D eigenvalue weighted by molar-refractivity contribution is 5.93. The second kappa shape index (κ2) is 8.68. The highest BCUT2D eigenvalue weighted by Crippen LogP contribution is 2.29. The molecule has 0 heterocycles. The molecule has 0 fully saturated rings. The van der Waals surface area contributed by atoms with Gasteiger partial charge in [0.2, 0.25) is 0 Å². The number of nitrogens with one attached hydrogen (secondary N) is 1. The lowest BCUT2D eigenvalue weighted by Gasteiger charge is -2.13. The summed E-state index contributed by atoms with van der Waals surface area (Å²) in [5, 5.41) is 2.73. The summed E-state index contributed by atoms with van der Waals surface area (Å²) in [6, 6.07) is 10.2. The first-order valence-corrected chi connectivity index (χ1v) is 7.47. The number of benzene rings is 2. The third-order valence-electron chi connectivity index (χ3n) is 3.38. The van der Waals surface area contributed by atoms with Gasteiger partial charge in [0.25, 0.3) is 5.91 Å². The third kappa shape index (κ3) is 4.94. The molecule has 1 N–H and O–H groups in total. The van der Waals surface area contributed by atoms with Crippen LogP contribution in [0.2, 0.25) is 0 Å². The zero-order valence-electron chi connectivity index (χ0n) is 14.6. The summed E-state index contributed by atoms with van der Waals surface area (Å²) in [7, 11) is 6.16. The van der Waals surface area contributed by atoms with Crippen molar-refractivity contribution in [2.75, 3.05) is 40.4 Å². The zero-order chi connectivity index (χ0) is 18.2. The van der Waals surface area contributed by atoms with Gasteiger partial charge in [-0.2, -0.15) is 0 Å². The van der Waals surface area contributed by atoms with Crippen molar-refractivity contribution >= 4 is 11.6 Å². The molecule has 2 rings (SSSR count). The second-order valence-electron chi connectivity index (χ2n) is 4.95. The maximum Gasteiger partial charge on any atom is 0.262 e. The van der Waals surface area contributed by atoms with Gasteiger partial charge in [0, 0.05) is 24.3 Å². The van der Waals surface area contributed by atoms with Crippen molar-refractivity contribution < 1.29 is 28.5 Å². The number of carbonyl (C=O) groups is 1. The van der Waals surface area contributed by atoms with Crippen LogP contribution in [0, 0.1) is 0 Å². The third-order valence-corrected chi connectivity index (χ3v) is 3.38. The highest BCUT2D eigenvalue weighted by Gasteiger charge is 2.11. The smallest absolute Gasteiger partial charge is 0.262 e. The van der Waals surface area contributed by atoms with Gasteiger partial charge in [-0.3, -0.25) is 4.79 Å². The van der Waals surface area contributed by atoms with Crippen LogP contribution in [0.4, 0.5) is 5.69 Å². The minimum Gasteiger partial charge on any atom is -0.497 e. The van der Waals surface area contributed by atoms with Crippen LogP contribution >= 0.6 is 0 Å². The highest BCUT2D eigenvalue weighted by atomic mass is 16.5. The van der Waals surface area contributed by atoms with Gasteiger partial charge in [-0.25, -0.2) is 0 Å². The Kier molecular flexibility index (Phi) is 6.33. The number of hydrogen-bond acceptors (Lipinski definition) is 6. The van der Waals surface area contributed by atoms with Crippen LogP contribution in [0.25, 0.3) is 0 Å². The van der Waals surface area contributed by atoms with E-state index < -0.39 is 0 Å². The molecule has 0 radical (unpaired) electrons. The summed E-state index contributed by atoms with van der Waals surface area (Å²) < 4.78 is 26.2. The Bertz CT molecular complexity index is 709. The lowest BCUT2D eigenvalue weighted by molar-refractivity contribution is -0.118. The number of ether oxygens (including phenoxy) is 5. The fourth-order valence-corrected chi connectivity index (χ4v) is 2.11. The summed E-state index contributed by atoms with van der Waals surface area (Å²) >= 11 is 0. The Labute approximate surface area is 146 Å². The first-order valence-electron chi connectivity index (χ1n) is 7.47. The van der Waals surface area contributed by atoms with Gasteiger partial charge in [0.15, 0.2) is 6.61 Å². The number of methoxy groups -OCH3 is 4. The maximum atomic E-state index is 12.2. The van der Waals surface area contributed by atoms with E-state index in [1.807, 2.05) is 0 Å². The van der Waals surface area contributed by atoms with E-state index in [-0.39, 0.29) is 12.5 Å². The van der Waals surface area contributed by atoms with Gasteiger partial charge in [0.1, 0.15) is 28.7 Å². The van der Waals surface area contributed by atoms with E-state index in [4.69, 9.17) is 23.7 Å². The number of amides is 1. The first-order chi connectivity index (χ1) is 12.1. The summed E-state index contributed by atoms with van der Waals surface area (Å²) in [4.78, 5) is 12.2. The van der Waals surface area contributed by atoms with Gasteiger partial charge in [-0.1, -0.05) is 0 Å². The topological polar surface area (TPSA) is 75.3 Å². The molecule has 0 aliphatic rings. The molecule has 1 amide bonds. The van der Waals surface area contributed by atoms with Crippen LogP contribution in [0.1, 0.15) is 0 Å². The summed E-state index contributed by atoms with van der Waals surface area (Å²) in [5.41, 5.74) is 0.499. The van der Waals surface area contributed by atoms with Crippen LogP contribution in [0.15, 0.2) is 36.4 Å². The van der Waals surface area contributed by atoms with Crippen LogP contribution in [0.5, 0.6) is 28.7 Å². The van der Waals surface area contributed by atoms with E-state index in [0.29, 0.717) is 34.4 Å². The minimum absolute atomic E-state index is 0.184. The van der Waals surface area contributed by atoms with E-state index in [0.717, 1.165) is 0 Å². The average molecular weight is 347 g/mol. The molecule has 0 atom stereocenters. The molecule has 0 aromatic heterocycles. The molecule has 0 saturated carbocycles. The summed E-state index contributed by atoms with van der Waals surface area (Å²) in [5.74, 6) is 2.40. The van der Waals surface area contributed by atoms with E-state index in [9.17, 15) is 4.79 Å². The molecule has 7 nitrogen and oxygen atoms in total. The van der Waals surface area contributed by atoms with Crippen LogP contribution in [-0.4, -0.2) is 41.0 Å². The number of carbonyl (C=O) groups excluding carboxylic acids is 1. The van der Waals surface area contributed by atoms with E-state index in [1.54, 1.807) is 57.7 Å². The minimum atomic E-state index is -0.340. The van der Waals surface area contributed by atoms with Crippen LogP contribution in [0.3, 0.4) is 0 Å². The predicted octanol–water partition coefficient (Wildman–Crippen LogP) is 2.74. The van der Waals surface area contributed by atoms with Crippen molar-refractivity contribution in [1.82, 2.24) is 0 Å². The Morgan fingerprint density at radius 3 is 1.96 bits per heavy atom. The van der Waals surface area contributed by atoms with E-state index in [1.165, 1.54) is 7.11 Å². The normalized spacial score (nSPS) is 9.92. The SMILES string of the molecule is COc1cc(OC)cc(OCC(=O)Nc2cc(OC)ccc2OC)c1. The quantitative estimate of drug-likeness (QED) is 0.791. The van der Waals surface area contributed by atoms with Gasteiger partial charge in [0.05, 0.1) is 34.1 Å². The van der Waals surface area contributed by atoms with E-state index >= 15 is 0 Å². The Morgan fingerprint density at radius 2 is 1.40 bits per heavy atom. The van der Waals surface area contributed by atoms with Gasteiger partial charge >= 0.3 is 0 Å². The fourth-order valence-electron chi connectivity index (χ4n) is 2.11. The molecule has 0 aliphatic heterocycles. The van der Waals surface area contributed by atoms with Crippen molar-refractivity contribution in [3.63, 3.8) is 0 Å². The Morgan fingerprint density at radius 1 is 0.800 bits per heavy atom. The first kappa shape index (κ1) is 18.3. The van der Waals surface area contributed by atoms with Crippen LogP contribution < -0.4 is 29.0 Å². The zero-order valence-corrected chi connectivity index (χ0v) is 14.6. The summed E-state index contributed by atoms with van der Waals surface area (Å²) in [6.07, 6.45) is 0. The van der Waals surface area contributed by atoms with Gasteiger partial charge in [-0.05, 0) is 12.1 Å². The molecule has 0 unspecified atom stereocenters. The van der Waals surface area contributed by atoms with Crippen molar-refractivity contribution in [2.24, 2.45) is 0 Å². The largest absolute Gasteiger partial charge is 0.497 e. The molecule has 2 aromatic rings. The Hall–Kier alpha value is -3.09. The number of anilines is 1. The average Bonchev–Trinajstić information content (AvgIpc) is 2.65. The van der Waals surface area contributed by atoms with Crippen molar-refractivity contribution in [1.29, 1.82) is 0 Å². The molecule has 0 bridgehead atoms. The van der Waals surface area contributed by atoms with Crippen molar-refractivity contribution in [2.45, 2.75) is 0 Å². The lowest BCUT2D eigenvalue weighted by Crippen LogP contribution is -2.20. The van der Waals surface area contributed by atoms with E-state index in [2.05, 4.69) is 5.32 Å². The standard InChI is InChI=1S/C18H21NO6/c1-21-12-5-6-17(24-4)16(10-12)19-18(20)11-25-15-8-13(22-2)7-14(9-15)23-3/h5-10H,11H2,1-4H3,(H,19,20). The lowest BCUT2D eigenvalue weighted by atomic mass is 10.2. The predicted molar refractivity (Wildman–Crippen MR) is 93.2 cm³/mol. The monoisotopic (exact) mass is 347 g/mol. The number of hydrogen-bond donors (Lipinski definition) is 1. The molecule has 7 heteroatoms. The number of rotatable bonds is 8. The molecule has 0 aliphatic carbocycles. The molecular weight excluding hydrogens is 326 g/mol. The second-order valence-corrected chi connectivity index (χ2v) is 4.95. The fraction of sp³-hybridized carbons (Fsp3) is 0.278. The van der Waals surface area contributed by atoms with Gasteiger partial charge < -0.3 is 29.0 Å². The molecule has 2 aromatic carbocycles. The van der Waals surface area contributed by atoms with Crippen molar-refractivity contribution in [3.05, 3.63) is 36.4 Å². The van der Waals surface area contributed by atoms with Gasteiger partial charge in [-0.15, -0.1) is 0 Å². The van der Waals surface area contributed by atoms with Crippen molar-refractivity contribution in [3.8, 4) is 28.7 Å². The molecule has 134 valence electrons. The molecule has 25 heavy (non-hydrogen) atoms. The molecule has 0 saturated heterocycles. The van der Waals surface area contributed by atoms with Crippen LogP contribution in [-0.2, 0) is 4.79 Å². The Balaban J connectivity index is 2.04. The maximum absolute atomic E-state index is 12.2. The summed E-state index contributed by atoms with van der Waals surface area (Å²) in [6.45, 7) is -0.184. The molecular formula is C18H21NO6.